The number of hydrogen-bond donors (Lipinski definition) is 2. The SMILES string of the molecule is CC1=CC(=O)[C@H](C(=O)Nc2ccccc2)[C@@H](c2ccccc2)[C@@H]1C(=O)Nc1ccccc1. The molecule has 3 atom stereocenters. The van der Waals surface area contributed by atoms with Crippen LogP contribution < -0.4 is 10.6 Å². The molecule has 4 rings (SSSR count). The van der Waals surface area contributed by atoms with Gasteiger partial charge in [0.1, 0.15) is 5.92 Å². The van der Waals surface area contributed by atoms with Crippen LogP contribution >= 0.6 is 0 Å². The van der Waals surface area contributed by atoms with Crippen molar-refractivity contribution >= 4 is 29.0 Å². The Morgan fingerprint density at radius 3 is 1.59 bits per heavy atom. The first kappa shape index (κ1) is 21.2. The van der Waals surface area contributed by atoms with Crippen molar-refractivity contribution in [2.75, 3.05) is 10.6 Å². The van der Waals surface area contributed by atoms with E-state index in [2.05, 4.69) is 10.6 Å². The highest BCUT2D eigenvalue weighted by molar-refractivity contribution is 6.14. The van der Waals surface area contributed by atoms with Crippen LogP contribution in [0.4, 0.5) is 11.4 Å². The van der Waals surface area contributed by atoms with Crippen LogP contribution in [0.5, 0.6) is 0 Å². The molecule has 0 fully saturated rings. The molecule has 3 aromatic rings. The molecule has 0 spiro atoms. The van der Waals surface area contributed by atoms with Gasteiger partial charge in [-0.25, -0.2) is 0 Å². The third-order valence-corrected chi connectivity index (χ3v) is 5.72. The van der Waals surface area contributed by atoms with Crippen molar-refractivity contribution in [1.29, 1.82) is 0 Å². The van der Waals surface area contributed by atoms with Crippen LogP contribution in [0, 0.1) is 11.8 Å². The summed E-state index contributed by atoms with van der Waals surface area (Å²) >= 11 is 0. The van der Waals surface area contributed by atoms with Gasteiger partial charge in [0, 0.05) is 17.3 Å². The number of anilines is 2. The van der Waals surface area contributed by atoms with Crippen LogP contribution in [0.15, 0.2) is 103 Å². The minimum Gasteiger partial charge on any atom is -0.326 e. The van der Waals surface area contributed by atoms with Crippen molar-refractivity contribution in [3.05, 3.63) is 108 Å². The molecule has 0 radical (unpaired) electrons. The number of benzene rings is 3. The highest BCUT2D eigenvalue weighted by Crippen LogP contribution is 2.42. The Labute approximate surface area is 187 Å². The van der Waals surface area contributed by atoms with E-state index in [1.165, 1.54) is 6.08 Å². The Bertz CT molecular complexity index is 1140. The van der Waals surface area contributed by atoms with Gasteiger partial charge in [-0.15, -0.1) is 0 Å². The first-order valence-corrected chi connectivity index (χ1v) is 10.5. The van der Waals surface area contributed by atoms with Crippen LogP contribution in [-0.4, -0.2) is 17.6 Å². The normalized spacial score (nSPS) is 20.2. The van der Waals surface area contributed by atoms with Crippen molar-refractivity contribution in [2.24, 2.45) is 11.8 Å². The summed E-state index contributed by atoms with van der Waals surface area (Å²) in [4.78, 5) is 39.8. The quantitative estimate of drug-likeness (QED) is 0.577. The van der Waals surface area contributed by atoms with Crippen molar-refractivity contribution < 1.29 is 14.4 Å². The maximum atomic E-state index is 13.4. The summed E-state index contributed by atoms with van der Waals surface area (Å²) in [6, 6.07) is 27.5. The van der Waals surface area contributed by atoms with Crippen molar-refractivity contribution in [3.8, 4) is 0 Å². The molecule has 0 aliphatic heterocycles. The van der Waals surface area contributed by atoms with Gasteiger partial charge in [0.05, 0.1) is 5.92 Å². The van der Waals surface area contributed by atoms with Gasteiger partial charge in [-0.1, -0.05) is 72.3 Å². The summed E-state index contributed by atoms with van der Waals surface area (Å²) < 4.78 is 0. The molecule has 0 saturated heterocycles. The van der Waals surface area contributed by atoms with Gasteiger partial charge in [0.15, 0.2) is 5.78 Å². The minimum absolute atomic E-state index is 0.246. The summed E-state index contributed by atoms with van der Waals surface area (Å²) in [5, 5.41) is 5.79. The second-order valence-electron chi connectivity index (χ2n) is 7.89. The topological polar surface area (TPSA) is 75.3 Å². The highest BCUT2D eigenvalue weighted by Gasteiger charge is 2.46. The van der Waals surface area contributed by atoms with E-state index in [1.54, 1.807) is 19.1 Å². The van der Waals surface area contributed by atoms with E-state index in [1.807, 2.05) is 78.9 Å². The van der Waals surface area contributed by atoms with Gasteiger partial charge >= 0.3 is 0 Å². The largest absolute Gasteiger partial charge is 0.326 e. The van der Waals surface area contributed by atoms with E-state index in [9.17, 15) is 14.4 Å². The summed E-state index contributed by atoms with van der Waals surface area (Å²) in [5.74, 6) is -3.27. The Kier molecular flexibility index (Phi) is 6.26. The Morgan fingerprint density at radius 1 is 0.656 bits per heavy atom. The number of allylic oxidation sites excluding steroid dienone is 1. The molecule has 5 heteroatoms. The molecule has 0 aromatic heterocycles. The lowest BCUT2D eigenvalue weighted by atomic mass is 9.67. The number of rotatable bonds is 5. The molecular weight excluding hydrogens is 400 g/mol. The fourth-order valence-corrected chi connectivity index (χ4v) is 4.26. The van der Waals surface area contributed by atoms with Gasteiger partial charge in [-0.3, -0.25) is 14.4 Å². The van der Waals surface area contributed by atoms with Gasteiger partial charge in [-0.05, 0) is 42.8 Å². The summed E-state index contributed by atoms with van der Waals surface area (Å²) in [6.45, 7) is 1.77. The highest BCUT2D eigenvalue weighted by atomic mass is 16.2. The van der Waals surface area contributed by atoms with E-state index >= 15 is 0 Å². The predicted molar refractivity (Wildman–Crippen MR) is 125 cm³/mol. The molecule has 0 bridgehead atoms. The zero-order valence-corrected chi connectivity index (χ0v) is 17.7. The molecule has 1 aliphatic carbocycles. The van der Waals surface area contributed by atoms with Gasteiger partial charge in [-0.2, -0.15) is 0 Å². The first-order chi connectivity index (χ1) is 15.5. The molecule has 160 valence electrons. The third kappa shape index (κ3) is 4.52. The van der Waals surface area contributed by atoms with Crippen LogP contribution in [0.2, 0.25) is 0 Å². The van der Waals surface area contributed by atoms with Crippen LogP contribution in [0.3, 0.4) is 0 Å². The van der Waals surface area contributed by atoms with Crippen molar-refractivity contribution in [1.82, 2.24) is 0 Å². The smallest absolute Gasteiger partial charge is 0.235 e. The number of nitrogens with one attached hydrogen (secondary N) is 2. The molecule has 0 saturated carbocycles. The molecule has 1 aliphatic rings. The number of ketones is 1. The second kappa shape index (κ2) is 9.43. The number of para-hydroxylation sites is 2. The zero-order valence-electron chi connectivity index (χ0n) is 17.7. The van der Waals surface area contributed by atoms with Crippen LogP contribution in [0.1, 0.15) is 18.4 Å². The van der Waals surface area contributed by atoms with E-state index in [-0.39, 0.29) is 11.7 Å². The fourth-order valence-electron chi connectivity index (χ4n) is 4.26. The van der Waals surface area contributed by atoms with Crippen molar-refractivity contribution in [2.45, 2.75) is 12.8 Å². The molecular formula is C27H24N2O3. The average Bonchev–Trinajstić information content (AvgIpc) is 2.80. The van der Waals surface area contributed by atoms with Gasteiger partial charge in [0.25, 0.3) is 0 Å². The van der Waals surface area contributed by atoms with Gasteiger partial charge < -0.3 is 10.6 Å². The van der Waals surface area contributed by atoms with Crippen molar-refractivity contribution in [3.63, 3.8) is 0 Å². The second-order valence-corrected chi connectivity index (χ2v) is 7.89. The number of carbonyl (C=O) groups excluding carboxylic acids is 3. The number of amides is 2. The lowest BCUT2D eigenvalue weighted by Gasteiger charge is -2.35. The summed E-state index contributed by atoms with van der Waals surface area (Å²) in [5.41, 5.74) is 2.68. The van der Waals surface area contributed by atoms with Gasteiger partial charge in [0.2, 0.25) is 11.8 Å². The van der Waals surface area contributed by atoms with E-state index in [0.29, 0.717) is 16.9 Å². The fraction of sp³-hybridized carbons (Fsp3) is 0.148. The van der Waals surface area contributed by atoms with E-state index < -0.39 is 23.7 Å². The first-order valence-electron chi connectivity index (χ1n) is 10.5. The molecule has 0 unspecified atom stereocenters. The molecule has 2 amide bonds. The molecule has 0 heterocycles. The number of hydrogen-bond acceptors (Lipinski definition) is 3. The minimum atomic E-state index is -1.02. The van der Waals surface area contributed by atoms with Crippen LogP contribution in [-0.2, 0) is 14.4 Å². The standard InChI is InChI=1S/C27H24N2O3/c1-18-17-22(30)25(27(32)29-21-15-9-4-10-16-21)24(19-11-5-2-6-12-19)23(18)26(31)28-20-13-7-3-8-14-20/h2-17,23-25H,1H3,(H,28,31)(H,29,32)/t23-,24+,25+/m1/s1. The predicted octanol–water partition coefficient (Wildman–Crippen LogP) is 4.81. The van der Waals surface area contributed by atoms with E-state index in [4.69, 9.17) is 0 Å². The maximum absolute atomic E-state index is 13.4. The lowest BCUT2D eigenvalue weighted by Crippen LogP contribution is -2.44. The third-order valence-electron chi connectivity index (χ3n) is 5.72. The maximum Gasteiger partial charge on any atom is 0.235 e. The number of carbonyl (C=O) groups is 3. The molecule has 2 N–H and O–H groups in total. The average molecular weight is 425 g/mol. The summed E-state index contributed by atoms with van der Waals surface area (Å²) in [6.07, 6.45) is 1.43. The molecule has 5 nitrogen and oxygen atoms in total. The lowest BCUT2D eigenvalue weighted by molar-refractivity contribution is -0.131. The Morgan fingerprint density at radius 2 is 1.09 bits per heavy atom. The van der Waals surface area contributed by atoms with Crippen LogP contribution in [0.25, 0.3) is 0 Å². The Balaban J connectivity index is 1.72. The Hall–Kier alpha value is -3.99. The summed E-state index contributed by atoms with van der Waals surface area (Å²) in [7, 11) is 0. The monoisotopic (exact) mass is 424 g/mol. The zero-order chi connectivity index (χ0) is 22.5. The molecule has 3 aromatic carbocycles. The van der Waals surface area contributed by atoms with E-state index in [0.717, 1.165) is 5.56 Å². The molecule has 32 heavy (non-hydrogen) atoms.